The second kappa shape index (κ2) is 9.16. The SMILES string of the molecule is CCN(CC)CC(O)C(C)SCc1ccc(Cl)cc1Cl. The Hall–Kier alpha value is 0.0700. The molecule has 0 amide bonds. The third-order valence-electron chi connectivity index (χ3n) is 3.40. The van der Waals surface area contributed by atoms with Crippen LogP contribution in [-0.2, 0) is 5.75 Å². The van der Waals surface area contributed by atoms with Gasteiger partial charge in [0.25, 0.3) is 0 Å². The molecule has 0 saturated carbocycles. The van der Waals surface area contributed by atoms with Gasteiger partial charge in [-0.05, 0) is 30.8 Å². The van der Waals surface area contributed by atoms with Crippen molar-refractivity contribution in [3.05, 3.63) is 33.8 Å². The van der Waals surface area contributed by atoms with Crippen LogP contribution in [0.25, 0.3) is 0 Å². The van der Waals surface area contributed by atoms with E-state index in [0.29, 0.717) is 10.0 Å². The zero-order chi connectivity index (χ0) is 15.1. The quantitative estimate of drug-likeness (QED) is 0.765. The molecule has 0 aliphatic heterocycles. The first-order valence-electron chi connectivity index (χ1n) is 6.93. The van der Waals surface area contributed by atoms with Gasteiger partial charge < -0.3 is 10.0 Å². The maximum atomic E-state index is 10.2. The van der Waals surface area contributed by atoms with Crippen LogP contribution < -0.4 is 0 Å². The summed E-state index contributed by atoms with van der Waals surface area (Å²) in [4.78, 5) is 2.23. The van der Waals surface area contributed by atoms with Gasteiger partial charge >= 0.3 is 0 Å². The molecule has 0 saturated heterocycles. The maximum absolute atomic E-state index is 10.2. The van der Waals surface area contributed by atoms with Crippen LogP contribution in [0.5, 0.6) is 0 Å². The molecule has 0 aliphatic carbocycles. The molecule has 0 spiro atoms. The molecule has 5 heteroatoms. The molecule has 1 N–H and O–H groups in total. The molecular formula is C15H23Cl2NOS. The van der Waals surface area contributed by atoms with Crippen molar-refractivity contribution in [1.82, 2.24) is 4.90 Å². The van der Waals surface area contributed by atoms with Crippen LogP contribution in [0.1, 0.15) is 26.3 Å². The van der Waals surface area contributed by atoms with Crippen molar-refractivity contribution in [2.24, 2.45) is 0 Å². The van der Waals surface area contributed by atoms with Crippen LogP contribution in [0.15, 0.2) is 18.2 Å². The fourth-order valence-corrected chi connectivity index (χ4v) is 3.42. The lowest BCUT2D eigenvalue weighted by Crippen LogP contribution is -2.36. The fraction of sp³-hybridized carbons (Fsp3) is 0.600. The van der Waals surface area contributed by atoms with E-state index < -0.39 is 0 Å². The highest BCUT2D eigenvalue weighted by Crippen LogP contribution is 2.27. The third-order valence-corrected chi connectivity index (χ3v) is 5.30. The van der Waals surface area contributed by atoms with E-state index in [1.54, 1.807) is 17.8 Å². The van der Waals surface area contributed by atoms with Crippen LogP contribution in [0.3, 0.4) is 0 Å². The summed E-state index contributed by atoms with van der Waals surface area (Å²) in [7, 11) is 0. The van der Waals surface area contributed by atoms with Crippen molar-refractivity contribution in [2.75, 3.05) is 19.6 Å². The first-order valence-corrected chi connectivity index (χ1v) is 8.74. The van der Waals surface area contributed by atoms with Gasteiger partial charge in [0.05, 0.1) is 6.10 Å². The van der Waals surface area contributed by atoms with Crippen molar-refractivity contribution >= 4 is 35.0 Å². The first kappa shape index (κ1) is 18.1. The Labute approximate surface area is 136 Å². The minimum Gasteiger partial charge on any atom is -0.391 e. The number of aliphatic hydroxyl groups excluding tert-OH is 1. The predicted octanol–water partition coefficient (Wildman–Crippen LogP) is 4.32. The smallest absolute Gasteiger partial charge is 0.0782 e. The van der Waals surface area contributed by atoms with E-state index >= 15 is 0 Å². The Morgan fingerprint density at radius 3 is 2.45 bits per heavy atom. The number of hydrogen-bond donors (Lipinski definition) is 1. The predicted molar refractivity (Wildman–Crippen MR) is 91.0 cm³/mol. The summed E-state index contributed by atoms with van der Waals surface area (Å²) < 4.78 is 0. The molecule has 0 heterocycles. The fourth-order valence-electron chi connectivity index (χ4n) is 1.87. The van der Waals surface area contributed by atoms with E-state index in [9.17, 15) is 5.11 Å². The van der Waals surface area contributed by atoms with E-state index in [0.717, 1.165) is 31.0 Å². The summed E-state index contributed by atoms with van der Waals surface area (Å²) >= 11 is 13.8. The van der Waals surface area contributed by atoms with E-state index in [1.807, 2.05) is 12.1 Å². The molecule has 0 radical (unpaired) electrons. The number of nitrogens with zero attached hydrogens (tertiary/aromatic N) is 1. The standard InChI is InChI=1S/C15H23Cl2NOS/c1-4-18(5-2)9-15(19)11(3)20-10-12-6-7-13(16)8-14(12)17/h6-8,11,15,19H,4-5,9-10H2,1-3H3. The minimum absolute atomic E-state index is 0.169. The Morgan fingerprint density at radius 1 is 1.25 bits per heavy atom. The molecule has 2 atom stereocenters. The number of halogens is 2. The second-order valence-corrected chi connectivity index (χ2v) is 7.01. The summed E-state index contributed by atoms with van der Waals surface area (Å²) in [5.41, 5.74) is 1.06. The molecule has 1 rings (SSSR count). The lowest BCUT2D eigenvalue weighted by Gasteiger charge is -2.25. The zero-order valence-corrected chi connectivity index (χ0v) is 14.6. The van der Waals surface area contributed by atoms with Crippen LogP contribution in [0.2, 0.25) is 10.0 Å². The Morgan fingerprint density at radius 2 is 1.90 bits per heavy atom. The molecule has 114 valence electrons. The number of aliphatic hydroxyl groups is 1. The van der Waals surface area contributed by atoms with Gasteiger partial charge in [0.1, 0.15) is 0 Å². The van der Waals surface area contributed by atoms with Crippen molar-refractivity contribution in [3.63, 3.8) is 0 Å². The molecule has 0 aromatic heterocycles. The second-order valence-electron chi connectivity index (χ2n) is 4.81. The van der Waals surface area contributed by atoms with Gasteiger partial charge in [0, 0.05) is 27.6 Å². The van der Waals surface area contributed by atoms with Gasteiger partial charge in [-0.25, -0.2) is 0 Å². The summed E-state index contributed by atoms with van der Waals surface area (Å²) in [6.45, 7) is 8.93. The normalized spacial score (nSPS) is 14.6. The summed E-state index contributed by atoms with van der Waals surface area (Å²) in [5, 5.41) is 11.7. The third kappa shape index (κ3) is 5.82. The van der Waals surface area contributed by atoms with Crippen LogP contribution >= 0.6 is 35.0 Å². The van der Waals surface area contributed by atoms with Crippen LogP contribution in [-0.4, -0.2) is 41.0 Å². The molecule has 20 heavy (non-hydrogen) atoms. The van der Waals surface area contributed by atoms with E-state index in [-0.39, 0.29) is 11.4 Å². The Bertz CT molecular complexity index is 413. The van der Waals surface area contributed by atoms with Gasteiger partial charge in [-0.15, -0.1) is 0 Å². The van der Waals surface area contributed by atoms with Crippen molar-refractivity contribution < 1.29 is 5.11 Å². The van der Waals surface area contributed by atoms with Crippen LogP contribution in [0, 0.1) is 0 Å². The molecule has 0 bridgehead atoms. The highest BCUT2D eigenvalue weighted by molar-refractivity contribution is 7.99. The van der Waals surface area contributed by atoms with Crippen molar-refractivity contribution in [2.45, 2.75) is 37.9 Å². The Balaban J connectivity index is 2.47. The van der Waals surface area contributed by atoms with Gasteiger partial charge in [0.2, 0.25) is 0 Å². The number of hydrogen-bond acceptors (Lipinski definition) is 3. The number of rotatable bonds is 8. The lowest BCUT2D eigenvalue weighted by atomic mass is 10.2. The topological polar surface area (TPSA) is 23.5 Å². The molecule has 0 aliphatic rings. The molecular weight excluding hydrogens is 313 g/mol. The zero-order valence-electron chi connectivity index (χ0n) is 12.3. The lowest BCUT2D eigenvalue weighted by molar-refractivity contribution is 0.119. The molecule has 1 aromatic rings. The maximum Gasteiger partial charge on any atom is 0.0782 e. The van der Waals surface area contributed by atoms with Gasteiger partial charge in [-0.1, -0.05) is 50.0 Å². The average molecular weight is 336 g/mol. The van der Waals surface area contributed by atoms with Crippen molar-refractivity contribution in [1.29, 1.82) is 0 Å². The molecule has 0 fully saturated rings. The molecule has 2 unspecified atom stereocenters. The van der Waals surface area contributed by atoms with Gasteiger partial charge in [-0.2, -0.15) is 11.8 Å². The Kier molecular flexibility index (Phi) is 8.30. The average Bonchev–Trinajstić information content (AvgIpc) is 2.43. The number of thioether (sulfide) groups is 1. The molecule has 1 aromatic carbocycles. The van der Waals surface area contributed by atoms with E-state index in [4.69, 9.17) is 23.2 Å². The van der Waals surface area contributed by atoms with Gasteiger partial charge in [-0.3, -0.25) is 0 Å². The van der Waals surface area contributed by atoms with Crippen molar-refractivity contribution in [3.8, 4) is 0 Å². The minimum atomic E-state index is -0.328. The van der Waals surface area contributed by atoms with E-state index in [2.05, 4.69) is 25.7 Å². The highest BCUT2D eigenvalue weighted by atomic mass is 35.5. The monoisotopic (exact) mass is 335 g/mol. The largest absolute Gasteiger partial charge is 0.391 e. The van der Waals surface area contributed by atoms with Crippen LogP contribution in [0.4, 0.5) is 0 Å². The summed E-state index contributed by atoms with van der Waals surface area (Å²) in [6.07, 6.45) is -0.328. The number of benzene rings is 1. The summed E-state index contributed by atoms with van der Waals surface area (Å²) in [5.74, 6) is 0.784. The number of likely N-dealkylation sites (N-methyl/N-ethyl adjacent to an activating group) is 1. The summed E-state index contributed by atoms with van der Waals surface area (Å²) in [6, 6.07) is 5.55. The van der Waals surface area contributed by atoms with E-state index in [1.165, 1.54) is 0 Å². The molecule has 2 nitrogen and oxygen atoms in total. The van der Waals surface area contributed by atoms with Gasteiger partial charge in [0.15, 0.2) is 0 Å². The highest BCUT2D eigenvalue weighted by Gasteiger charge is 2.17. The first-order chi connectivity index (χ1) is 9.47.